The van der Waals surface area contributed by atoms with Gasteiger partial charge in [0, 0.05) is 41.1 Å². The quantitative estimate of drug-likeness (QED) is 0.438. The van der Waals surface area contributed by atoms with Crippen molar-refractivity contribution >= 4 is 63.0 Å². The van der Waals surface area contributed by atoms with E-state index in [1.165, 1.54) is 12.4 Å². The van der Waals surface area contributed by atoms with E-state index < -0.39 is 0 Å². The van der Waals surface area contributed by atoms with Gasteiger partial charge in [0.2, 0.25) is 0 Å². The van der Waals surface area contributed by atoms with Gasteiger partial charge in [-0.05, 0) is 28.1 Å². The van der Waals surface area contributed by atoms with Gasteiger partial charge in [-0.1, -0.05) is 0 Å². The highest BCUT2D eigenvalue weighted by Gasteiger charge is 2.05. The second-order valence-electron chi connectivity index (χ2n) is 3.21. The molecular weight excluding hydrogens is 448 g/mol. The van der Waals surface area contributed by atoms with Crippen LogP contribution in [0.4, 0.5) is 0 Å². The van der Waals surface area contributed by atoms with Crippen LogP contribution in [0.2, 0.25) is 0 Å². The summed E-state index contributed by atoms with van der Waals surface area (Å²) in [5.74, 6) is 0.234. The topological polar surface area (TPSA) is 67.5 Å². The zero-order valence-electron chi connectivity index (χ0n) is 9.34. The first kappa shape index (κ1) is 16.1. The number of pyridine rings is 1. The van der Waals surface area contributed by atoms with Gasteiger partial charge in [0.25, 0.3) is 5.91 Å². The van der Waals surface area contributed by atoms with Crippen LogP contribution < -0.4 is 5.43 Å². The minimum absolute atomic E-state index is 0. The van der Waals surface area contributed by atoms with Crippen LogP contribution in [0.5, 0.6) is 0 Å². The molecule has 1 N–H and O–H groups in total. The molecule has 0 atom stereocenters. The van der Waals surface area contributed by atoms with Gasteiger partial charge < -0.3 is 4.42 Å². The van der Waals surface area contributed by atoms with Crippen LogP contribution in [0.3, 0.4) is 0 Å². The largest absolute Gasteiger partial charge is 0.448 e. The summed E-state index contributed by atoms with van der Waals surface area (Å²) in [6.07, 6.45) is 4.50. The average Bonchev–Trinajstić information content (AvgIpc) is 2.69. The van der Waals surface area contributed by atoms with Gasteiger partial charge in [-0.15, -0.1) is 12.4 Å². The van der Waals surface area contributed by atoms with E-state index in [1.54, 1.807) is 24.4 Å². The zero-order valence-corrected chi connectivity index (χ0v) is 13.9. The average molecular weight is 456 g/mol. The van der Waals surface area contributed by atoms with Crippen LogP contribution >= 0.6 is 50.9 Å². The number of aromatic nitrogens is 1. The van der Waals surface area contributed by atoms with Gasteiger partial charge in [-0.25, -0.2) is 5.43 Å². The Labute approximate surface area is 137 Å². The maximum absolute atomic E-state index is 11.6. The van der Waals surface area contributed by atoms with E-state index in [4.69, 9.17) is 4.42 Å². The van der Waals surface area contributed by atoms with Crippen molar-refractivity contribution in [3.63, 3.8) is 0 Å². The molecule has 2 aromatic heterocycles. The van der Waals surface area contributed by atoms with Gasteiger partial charge in [-0.3, -0.25) is 9.78 Å². The van der Waals surface area contributed by atoms with Crippen LogP contribution in [0.1, 0.15) is 16.1 Å². The first-order valence-electron chi connectivity index (χ1n) is 4.85. The number of furan rings is 1. The Morgan fingerprint density at radius 2 is 2.37 bits per heavy atom. The minimum Gasteiger partial charge on any atom is -0.448 e. The molecule has 0 aliphatic rings. The lowest BCUT2D eigenvalue weighted by molar-refractivity contribution is 0.0955. The standard InChI is InChI=1S/C11H7BrIN3O2.ClH/c12-9-4-8(18-10(9)13)6-15-16-11(17)7-2-1-3-14-5-7;/h1-6H,(H,16,17);1H. The molecule has 100 valence electrons. The molecule has 5 nitrogen and oxygen atoms in total. The number of amides is 1. The number of rotatable bonds is 3. The van der Waals surface area contributed by atoms with Crippen LogP contribution in [-0.4, -0.2) is 17.1 Å². The number of hydrazone groups is 1. The van der Waals surface area contributed by atoms with E-state index in [0.717, 1.165) is 8.24 Å². The number of hydrogen-bond donors (Lipinski definition) is 1. The molecule has 0 bridgehead atoms. The first-order chi connectivity index (χ1) is 8.66. The summed E-state index contributed by atoms with van der Waals surface area (Å²) in [5.41, 5.74) is 2.84. The lowest BCUT2D eigenvalue weighted by Gasteiger charge is -1.97. The fraction of sp³-hybridized carbons (Fsp3) is 0. The first-order valence-corrected chi connectivity index (χ1v) is 6.72. The monoisotopic (exact) mass is 455 g/mol. The molecule has 0 radical (unpaired) electrons. The summed E-state index contributed by atoms with van der Waals surface area (Å²) < 4.78 is 6.91. The fourth-order valence-electron chi connectivity index (χ4n) is 1.14. The third kappa shape index (κ3) is 4.59. The van der Waals surface area contributed by atoms with Crippen molar-refractivity contribution in [1.82, 2.24) is 10.4 Å². The van der Waals surface area contributed by atoms with Crippen molar-refractivity contribution < 1.29 is 9.21 Å². The Morgan fingerprint density at radius 3 is 2.95 bits per heavy atom. The third-order valence-corrected chi connectivity index (χ3v) is 4.08. The Bertz CT molecular complexity index is 569. The van der Waals surface area contributed by atoms with E-state index in [2.05, 4.69) is 31.4 Å². The molecule has 0 unspecified atom stereocenters. The van der Waals surface area contributed by atoms with E-state index in [-0.39, 0.29) is 18.3 Å². The predicted molar refractivity (Wildman–Crippen MR) is 85.7 cm³/mol. The van der Waals surface area contributed by atoms with E-state index >= 15 is 0 Å². The molecule has 0 aliphatic heterocycles. The van der Waals surface area contributed by atoms with Crippen LogP contribution in [0, 0.1) is 3.77 Å². The summed E-state index contributed by atoms with van der Waals surface area (Å²) in [4.78, 5) is 15.4. The second kappa shape index (κ2) is 7.61. The number of hydrogen-bond acceptors (Lipinski definition) is 4. The van der Waals surface area contributed by atoms with Gasteiger partial charge in [0.15, 0.2) is 3.77 Å². The highest BCUT2D eigenvalue weighted by molar-refractivity contribution is 14.1. The molecule has 0 fully saturated rings. The van der Waals surface area contributed by atoms with Gasteiger partial charge >= 0.3 is 0 Å². The molecule has 2 rings (SSSR count). The summed E-state index contributed by atoms with van der Waals surface area (Å²) in [7, 11) is 0. The number of carbonyl (C=O) groups is 1. The minimum atomic E-state index is -0.320. The summed E-state index contributed by atoms with van der Waals surface area (Å²) >= 11 is 5.36. The SMILES string of the molecule is Cl.O=C(NN=Cc1cc(Br)c(I)o1)c1cccnc1. The molecule has 1 amide bonds. The van der Waals surface area contributed by atoms with Gasteiger partial charge in [-0.2, -0.15) is 5.10 Å². The molecule has 8 heteroatoms. The normalized spacial score (nSPS) is 10.2. The number of carbonyl (C=O) groups excluding carboxylic acids is 1. The Morgan fingerprint density at radius 1 is 1.58 bits per heavy atom. The highest BCUT2D eigenvalue weighted by Crippen LogP contribution is 2.21. The Kier molecular flexibility index (Phi) is 6.46. The smallest absolute Gasteiger partial charge is 0.272 e. The maximum Gasteiger partial charge on any atom is 0.272 e. The van der Waals surface area contributed by atoms with Crippen molar-refractivity contribution in [1.29, 1.82) is 0 Å². The van der Waals surface area contributed by atoms with E-state index in [9.17, 15) is 4.79 Å². The van der Waals surface area contributed by atoms with Crippen molar-refractivity contribution in [3.8, 4) is 0 Å². The van der Waals surface area contributed by atoms with E-state index in [1.807, 2.05) is 22.6 Å². The fourth-order valence-corrected chi connectivity index (χ4v) is 1.86. The molecule has 0 saturated carbocycles. The Hall–Kier alpha value is -0.930. The highest BCUT2D eigenvalue weighted by atomic mass is 127. The van der Waals surface area contributed by atoms with Crippen molar-refractivity contribution in [2.75, 3.05) is 0 Å². The number of halogens is 3. The molecule has 0 saturated heterocycles. The third-order valence-electron chi connectivity index (χ3n) is 1.95. The van der Waals surface area contributed by atoms with Crippen LogP contribution in [0.15, 0.2) is 44.6 Å². The predicted octanol–water partition coefficient (Wildman–Crippen LogP) is 3.23. The number of nitrogens with zero attached hydrogens (tertiary/aromatic N) is 2. The van der Waals surface area contributed by atoms with Crippen molar-refractivity contribution in [2.45, 2.75) is 0 Å². The summed E-state index contributed by atoms with van der Waals surface area (Å²) in [5, 5.41) is 3.80. The molecule has 0 aliphatic carbocycles. The van der Waals surface area contributed by atoms with Gasteiger partial charge in [0.1, 0.15) is 5.76 Å². The number of nitrogens with one attached hydrogen (secondary N) is 1. The molecule has 2 heterocycles. The molecule has 2 aromatic rings. The molecule has 0 aromatic carbocycles. The molecule has 19 heavy (non-hydrogen) atoms. The molecular formula is C11H8BrClIN3O2. The van der Waals surface area contributed by atoms with Crippen molar-refractivity contribution in [3.05, 3.63) is 50.2 Å². The lowest BCUT2D eigenvalue weighted by atomic mass is 10.3. The van der Waals surface area contributed by atoms with Crippen LogP contribution in [0.25, 0.3) is 0 Å². The maximum atomic E-state index is 11.6. The summed E-state index contributed by atoms with van der Waals surface area (Å²) in [6, 6.07) is 5.11. The Balaban J connectivity index is 0.00000180. The molecule has 0 spiro atoms. The summed E-state index contributed by atoms with van der Waals surface area (Å²) in [6.45, 7) is 0. The second-order valence-corrected chi connectivity index (χ2v) is 5.05. The van der Waals surface area contributed by atoms with Crippen LogP contribution in [-0.2, 0) is 0 Å². The van der Waals surface area contributed by atoms with Crippen molar-refractivity contribution in [2.24, 2.45) is 5.10 Å². The van der Waals surface area contributed by atoms with E-state index in [0.29, 0.717) is 11.3 Å². The lowest BCUT2D eigenvalue weighted by Crippen LogP contribution is -2.17. The van der Waals surface area contributed by atoms with Gasteiger partial charge in [0.05, 0.1) is 16.3 Å². The zero-order chi connectivity index (χ0) is 13.0.